The Kier molecular flexibility index (Phi) is 7.89. The van der Waals surface area contributed by atoms with E-state index in [0.29, 0.717) is 34.4 Å². The van der Waals surface area contributed by atoms with Crippen LogP contribution in [0.1, 0.15) is 22.8 Å². The van der Waals surface area contributed by atoms with Gasteiger partial charge in [-0.05, 0) is 48.9 Å². The van der Waals surface area contributed by atoms with E-state index in [9.17, 15) is 9.59 Å². The molecule has 0 aliphatic heterocycles. The third-order valence-corrected chi connectivity index (χ3v) is 4.01. The van der Waals surface area contributed by atoms with Gasteiger partial charge in [0.05, 0.1) is 25.8 Å². The molecule has 0 saturated carbocycles. The largest absolute Gasteiger partial charge is 0.495 e. The fourth-order valence-electron chi connectivity index (χ4n) is 2.33. The van der Waals surface area contributed by atoms with Gasteiger partial charge in [0.25, 0.3) is 0 Å². The Hall–Kier alpha value is -2.99. The van der Waals surface area contributed by atoms with Crippen molar-refractivity contribution in [3.05, 3.63) is 58.6 Å². The minimum absolute atomic E-state index is 0.309. The van der Waals surface area contributed by atoms with Gasteiger partial charge < -0.3 is 18.9 Å². The van der Waals surface area contributed by atoms with Gasteiger partial charge in [0, 0.05) is 11.6 Å². The van der Waals surface area contributed by atoms with Crippen LogP contribution in [-0.2, 0) is 9.53 Å². The molecular formula is C21H21ClO6. The molecule has 28 heavy (non-hydrogen) atoms. The number of benzene rings is 2. The molecule has 2 rings (SSSR count). The summed E-state index contributed by atoms with van der Waals surface area (Å²) < 4.78 is 20.7. The van der Waals surface area contributed by atoms with E-state index in [2.05, 4.69) is 0 Å². The summed E-state index contributed by atoms with van der Waals surface area (Å²) in [6, 6.07) is 9.88. The van der Waals surface area contributed by atoms with Crippen molar-refractivity contribution in [2.24, 2.45) is 0 Å². The first-order valence-electron chi connectivity index (χ1n) is 8.50. The highest BCUT2D eigenvalue weighted by atomic mass is 35.5. The summed E-state index contributed by atoms with van der Waals surface area (Å²) in [6.45, 7) is 2.01. The van der Waals surface area contributed by atoms with Gasteiger partial charge in [-0.2, -0.15) is 0 Å². The first kappa shape index (κ1) is 21.3. The van der Waals surface area contributed by atoms with Crippen LogP contribution < -0.4 is 14.2 Å². The molecule has 2 aromatic rings. The monoisotopic (exact) mass is 404 g/mol. The molecule has 2 aromatic carbocycles. The number of esters is 1. The minimum atomic E-state index is -0.638. The Balaban J connectivity index is 1.94. The van der Waals surface area contributed by atoms with Gasteiger partial charge in [-0.1, -0.05) is 17.7 Å². The summed E-state index contributed by atoms with van der Waals surface area (Å²) in [5, 5.41) is 0.309. The minimum Gasteiger partial charge on any atom is -0.495 e. The van der Waals surface area contributed by atoms with Crippen LogP contribution in [-0.4, -0.2) is 39.2 Å². The summed E-state index contributed by atoms with van der Waals surface area (Å²) >= 11 is 5.99. The van der Waals surface area contributed by atoms with E-state index in [1.165, 1.54) is 26.4 Å². The predicted molar refractivity (Wildman–Crippen MR) is 106 cm³/mol. The standard InChI is InChI=1S/C21H21ClO6/c1-4-27-19-8-5-14(11-20(19)26-3)6-10-21(24)28-13-17(23)15-7-9-18(25-2)16(22)12-15/h5-12H,4,13H2,1-3H3/b10-6+. The number of Topliss-reactive ketones (excluding diaryl/α,β-unsaturated/α-hetero) is 1. The molecule has 0 spiro atoms. The lowest BCUT2D eigenvalue weighted by molar-refractivity contribution is -0.136. The maximum atomic E-state index is 12.1. The number of ether oxygens (including phenoxy) is 4. The van der Waals surface area contributed by atoms with E-state index < -0.39 is 12.6 Å². The number of methoxy groups -OCH3 is 2. The second kappa shape index (κ2) is 10.4. The zero-order chi connectivity index (χ0) is 20.5. The Bertz CT molecular complexity index is 875. The molecule has 0 fully saturated rings. The van der Waals surface area contributed by atoms with Crippen LogP contribution >= 0.6 is 11.6 Å². The highest BCUT2D eigenvalue weighted by molar-refractivity contribution is 6.32. The molecule has 7 heteroatoms. The number of hydrogen-bond acceptors (Lipinski definition) is 6. The number of hydrogen-bond donors (Lipinski definition) is 0. The Labute approximate surface area is 168 Å². The van der Waals surface area contributed by atoms with Crippen LogP contribution in [0.4, 0.5) is 0 Å². The van der Waals surface area contributed by atoms with E-state index in [1.54, 1.807) is 36.4 Å². The molecule has 0 aliphatic carbocycles. The average molecular weight is 405 g/mol. The Morgan fingerprint density at radius 1 is 1.00 bits per heavy atom. The molecule has 0 aromatic heterocycles. The van der Waals surface area contributed by atoms with E-state index in [0.717, 1.165) is 5.56 Å². The molecule has 0 aliphatic rings. The van der Waals surface area contributed by atoms with Crippen molar-refractivity contribution in [2.45, 2.75) is 6.92 Å². The zero-order valence-corrected chi connectivity index (χ0v) is 16.6. The van der Waals surface area contributed by atoms with Gasteiger partial charge in [0.1, 0.15) is 5.75 Å². The molecule has 0 N–H and O–H groups in total. The van der Waals surface area contributed by atoms with E-state index >= 15 is 0 Å². The molecule has 0 bridgehead atoms. The molecule has 0 atom stereocenters. The lowest BCUT2D eigenvalue weighted by Crippen LogP contribution is -2.12. The maximum absolute atomic E-state index is 12.1. The maximum Gasteiger partial charge on any atom is 0.331 e. The van der Waals surface area contributed by atoms with Crippen molar-refractivity contribution in [3.63, 3.8) is 0 Å². The van der Waals surface area contributed by atoms with Crippen molar-refractivity contribution in [1.82, 2.24) is 0 Å². The van der Waals surface area contributed by atoms with Gasteiger partial charge in [-0.3, -0.25) is 4.79 Å². The van der Waals surface area contributed by atoms with Crippen LogP contribution in [0.2, 0.25) is 5.02 Å². The quantitative estimate of drug-likeness (QED) is 0.354. The fourth-order valence-corrected chi connectivity index (χ4v) is 2.59. The normalized spacial score (nSPS) is 10.6. The summed E-state index contributed by atoms with van der Waals surface area (Å²) in [5.74, 6) is 0.635. The molecular weight excluding hydrogens is 384 g/mol. The predicted octanol–water partition coefficient (Wildman–Crippen LogP) is 4.20. The molecule has 148 valence electrons. The second-order valence-electron chi connectivity index (χ2n) is 5.56. The topological polar surface area (TPSA) is 71.1 Å². The van der Waals surface area contributed by atoms with Crippen molar-refractivity contribution in [3.8, 4) is 17.2 Å². The van der Waals surface area contributed by atoms with Gasteiger partial charge in [0.15, 0.2) is 23.9 Å². The lowest BCUT2D eigenvalue weighted by atomic mass is 10.1. The highest BCUT2D eigenvalue weighted by Crippen LogP contribution is 2.28. The molecule has 0 amide bonds. The Morgan fingerprint density at radius 3 is 2.36 bits per heavy atom. The van der Waals surface area contributed by atoms with Crippen LogP contribution in [0.5, 0.6) is 17.2 Å². The fraction of sp³-hybridized carbons (Fsp3) is 0.238. The molecule has 0 unspecified atom stereocenters. The molecule has 0 radical (unpaired) electrons. The highest BCUT2D eigenvalue weighted by Gasteiger charge is 2.11. The van der Waals surface area contributed by atoms with E-state index in [1.807, 2.05) is 6.92 Å². The molecule has 6 nitrogen and oxygen atoms in total. The second-order valence-corrected chi connectivity index (χ2v) is 5.96. The SMILES string of the molecule is CCOc1ccc(/C=C/C(=O)OCC(=O)c2ccc(OC)c(Cl)c2)cc1OC. The van der Waals surface area contributed by atoms with Gasteiger partial charge in [-0.25, -0.2) is 4.79 Å². The van der Waals surface area contributed by atoms with Gasteiger partial charge >= 0.3 is 5.97 Å². The number of carbonyl (C=O) groups excluding carboxylic acids is 2. The zero-order valence-electron chi connectivity index (χ0n) is 15.9. The van der Waals surface area contributed by atoms with Crippen molar-refractivity contribution < 1.29 is 28.5 Å². The van der Waals surface area contributed by atoms with Crippen molar-refractivity contribution in [1.29, 1.82) is 0 Å². The van der Waals surface area contributed by atoms with Gasteiger partial charge in [-0.15, -0.1) is 0 Å². The van der Waals surface area contributed by atoms with Crippen molar-refractivity contribution >= 4 is 29.4 Å². The van der Waals surface area contributed by atoms with Crippen LogP contribution in [0.15, 0.2) is 42.5 Å². The third kappa shape index (κ3) is 5.76. The number of halogens is 1. The molecule has 0 heterocycles. The summed E-state index contributed by atoms with van der Waals surface area (Å²) in [7, 11) is 3.02. The number of rotatable bonds is 9. The van der Waals surface area contributed by atoms with Crippen LogP contribution in [0.3, 0.4) is 0 Å². The molecule has 0 saturated heterocycles. The summed E-state index contributed by atoms with van der Waals surface area (Å²) in [5.41, 5.74) is 1.06. The van der Waals surface area contributed by atoms with Crippen LogP contribution in [0, 0.1) is 0 Å². The van der Waals surface area contributed by atoms with Crippen LogP contribution in [0.25, 0.3) is 6.08 Å². The summed E-state index contributed by atoms with van der Waals surface area (Å²) in [4.78, 5) is 24.0. The van der Waals surface area contributed by atoms with E-state index in [-0.39, 0.29) is 5.78 Å². The smallest absolute Gasteiger partial charge is 0.331 e. The van der Waals surface area contributed by atoms with Gasteiger partial charge in [0.2, 0.25) is 0 Å². The Morgan fingerprint density at radius 2 is 1.71 bits per heavy atom. The average Bonchev–Trinajstić information content (AvgIpc) is 2.71. The third-order valence-electron chi connectivity index (χ3n) is 3.72. The number of ketones is 1. The first-order chi connectivity index (χ1) is 13.5. The first-order valence-corrected chi connectivity index (χ1v) is 8.88. The lowest BCUT2D eigenvalue weighted by Gasteiger charge is -2.09. The van der Waals surface area contributed by atoms with E-state index in [4.69, 9.17) is 30.5 Å². The van der Waals surface area contributed by atoms with Crippen molar-refractivity contribution in [2.75, 3.05) is 27.4 Å². The number of carbonyl (C=O) groups is 2. The summed E-state index contributed by atoms with van der Waals surface area (Å²) in [6.07, 6.45) is 2.80.